The van der Waals surface area contributed by atoms with Gasteiger partial charge >= 0.3 is 0 Å². The van der Waals surface area contributed by atoms with E-state index in [2.05, 4.69) is 14.9 Å². The zero-order valence-corrected chi connectivity index (χ0v) is 12.1. The normalized spacial score (nSPS) is 11.7. The van der Waals surface area contributed by atoms with Crippen LogP contribution in [0.3, 0.4) is 0 Å². The molecule has 0 radical (unpaired) electrons. The third-order valence-corrected chi connectivity index (χ3v) is 4.48. The maximum absolute atomic E-state index is 12.0. The zero-order valence-electron chi connectivity index (χ0n) is 11.3. The Hall–Kier alpha value is -1.86. The number of nitrogens with zero attached hydrogens (tertiary/aromatic N) is 1. The fourth-order valence-corrected chi connectivity index (χ4v) is 3.01. The number of anilines is 1. The van der Waals surface area contributed by atoms with Crippen molar-refractivity contribution in [3.05, 3.63) is 41.7 Å². The molecule has 0 aliphatic carbocycles. The van der Waals surface area contributed by atoms with E-state index in [1.807, 2.05) is 6.92 Å². The highest BCUT2D eigenvalue weighted by molar-refractivity contribution is 7.89. The second kappa shape index (κ2) is 6.06. The van der Waals surface area contributed by atoms with Crippen LogP contribution in [0.2, 0.25) is 0 Å². The van der Waals surface area contributed by atoms with Crippen LogP contribution in [0, 0.1) is 6.92 Å². The Morgan fingerprint density at radius 2 is 2.20 bits per heavy atom. The second-order valence-electron chi connectivity index (χ2n) is 4.59. The van der Waals surface area contributed by atoms with Crippen molar-refractivity contribution in [3.63, 3.8) is 0 Å². The van der Waals surface area contributed by atoms with E-state index in [4.69, 9.17) is 5.73 Å². The number of sulfonamides is 1. The van der Waals surface area contributed by atoms with Crippen LogP contribution in [0.5, 0.6) is 0 Å². The highest BCUT2D eigenvalue weighted by Gasteiger charge is 2.13. The largest absolute Gasteiger partial charge is 0.399 e. The maximum Gasteiger partial charge on any atom is 0.240 e. The Morgan fingerprint density at radius 3 is 2.85 bits per heavy atom. The van der Waals surface area contributed by atoms with Gasteiger partial charge < -0.3 is 5.73 Å². The van der Waals surface area contributed by atoms with E-state index in [9.17, 15) is 8.42 Å². The number of H-pyrrole nitrogens is 1. The summed E-state index contributed by atoms with van der Waals surface area (Å²) in [5.74, 6) is 0. The lowest BCUT2D eigenvalue weighted by Gasteiger charge is -2.07. The van der Waals surface area contributed by atoms with Crippen molar-refractivity contribution < 1.29 is 8.42 Å². The van der Waals surface area contributed by atoms with Gasteiger partial charge in [-0.3, -0.25) is 5.10 Å². The predicted octanol–water partition coefficient (Wildman–Crippen LogP) is 1.21. The van der Waals surface area contributed by atoms with Crippen molar-refractivity contribution >= 4 is 15.7 Å². The van der Waals surface area contributed by atoms with Crippen molar-refractivity contribution in [3.8, 4) is 0 Å². The lowest BCUT2D eigenvalue weighted by molar-refractivity contribution is 0.579. The molecule has 7 heteroatoms. The number of nitrogens with two attached hydrogens (primary N) is 1. The van der Waals surface area contributed by atoms with Crippen molar-refractivity contribution in [1.29, 1.82) is 0 Å². The number of aromatic nitrogens is 2. The zero-order chi connectivity index (χ0) is 14.6. The molecule has 0 spiro atoms. The molecule has 1 aromatic heterocycles. The van der Waals surface area contributed by atoms with E-state index in [-0.39, 0.29) is 4.90 Å². The van der Waals surface area contributed by atoms with Crippen LogP contribution >= 0.6 is 0 Å². The summed E-state index contributed by atoms with van der Waals surface area (Å²) in [4.78, 5) is 0.192. The summed E-state index contributed by atoms with van der Waals surface area (Å²) in [7, 11) is -3.49. The van der Waals surface area contributed by atoms with Crippen LogP contribution in [0.25, 0.3) is 0 Å². The molecule has 0 amide bonds. The summed E-state index contributed by atoms with van der Waals surface area (Å²) in [5, 5.41) is 6.78. The van der Waals surface area contributed by atoms with Crippen LogP contribution in [0.15, 0.2) is 35.4 Å². The summed E-state index contributed by atoms with van der Waals surface area (Å²) in [6.07, 6.45) is 3.26. The Labute approximate surface area is 118 Å². The van der Waals surface area contributed by atoms with E-state index in [0.29, 0.717) is 18.7 Å². The number of aryl methyl sites for hydroxylation is 2. The SMILES string of the molecule is Cc1[nH]ncc1CCCNS(=O)(=O)c1cccc(N)c1. The van der Waals surface area contributed by atoms with Crippen LogP contribution < -0.4 is 10.5 Å². The summed E-state index contributed by atoms with van der Waals surface area (Å²) >= 11 is 0. The Balaban J connectivity index is 1.89. The first-order valence-corrected chi connectivity index (χ1v) is 7.81. The molecule has 1 heterocycles. The minimum atomic E-state index is -3.49. The number of rotatable bonds is 6. The van der Waals surface area contributed by atoms with Crippen LogP contribution in [0.1, 0.15) is 17.7 Å². The van der Waals surface area contributed by atoms with Gasteiger partial charge in [0.15, 0.2) is 0 Å². The number of nitrogen functional groups attached to an aromatic ring is 1. The lowest BCUT2D eigenvalue weighted by atomic mass is 10.1. The average Bonchev–Trinajstić information content (AvgIpc) is 2.80. The summed E-state index contributed by atoms with van der Waals surface area (Å²) in [5.41, 5.74) is 8.14. The van der Waals surface area contributed by atoms with Gasteiger partial charge in [0.05, 0.1) is 11.1 Å². The van der Waals surface area contributed by atoms with E-state index in [1.54, 1.807) is 18.3 Å². The van der Waals surface area contributed by atoms with Crippen molar-refractivity contribution in [2.45, 2.75) is 24.7 Å². The van der Waals surface area contributed by atoms with E-state index in [1.165, 1.54) is 12.1 Å². The number of aromatic amines is 1. The first-order valence-electron chi connectivity index (χ1n) is 6.33. The molecule has 0 fully saturated rings. The topological polar surface area (TPSA) is 101 Å². The molecular weight excluding hydrogens is 276 g/mol. The third kappa shape index (κ3) is 3.58. The molecule has 20 heavy (non-hydrogen) atoms. The summed E-state index contributed by atoms with van der Waals surface area (Å²) in [6.45, 7) is 2.32. The van der Waals surface area contributed by atoms with E-state index in [0.717, 1.165) is 17.7 Å². The molecule has 0 saturated heterocycles. The van der Waals surface area contributed by atoms with Gasteiger partial charge in [0.2, 0.25) is 10.0 Å². The average molecular weight is 294 g/mol. The molecule has 0 aliphatic rings. The smallest absolute Gasteiger partial charge is 0.240 e. The Bertz CT molecular complexity index is 679. The highest BCUT2D eigenvalue weighted by Crippen LogP contribution is 2.12. The van der Waals surface area contributed by atoms with Gasteiger partial charge in [-0.2, -0.15) is 5.10 Å². The Kier molecular flexibility index (Phi) is 4.41. The van der Waals surface area contributed by atoms with Crippen molar-refractivity contribution in [2.24, 2.45) is 0 Å². The quantitative estimate of drug-likeness (QED) is 0.550. The number of hydrogen-bond acceptors (Lipinski definition) is 4. The maximum atomic E-state index is 12.0. The van der Waals surface area contributed by atoms with E-state index >= 15 is 0 Å². The molecular formula is C13H18N4O2S. The Morgan fingerprint density at radius 1 is 1.40 bits per heavy atom. The molecule has 6 nitrogen and oxygen atoms in total. The number of benzene rings is 1. The van der Waals surface area contributed by atoms with Gasteiger partial charge in [0.1, 0.15) is 0 Å². The van der Waals surface area contributed by atoms with Gasteiger partial charge in [-0.1, -0.05) is 6.07 Å². The molecule has 108 valence electrons. The minimum Gasteiger partial charge on any atom is -0.399 e. The van der Waals surface area contributed by atoms with Gasteiger partial charge in [0.25, 0.3) is 0 Å². The van der Waals surface area contributed by atoms with Crippen molar-refractivity contribution in [2.75, 3.05) is 12.3 Å². The van der Waals surface area contributed by atoms with Gasteiger partial charge in [-0.05, 0) is 43.5 Å². The fourth-order valence-electron chi connectivity index (χ4n) is 1.88. The van der Waals surface area contributed by atoms with E-state index < -0.39 is 10.0 Å². The summed E-state index contributed by atoms with van der Waals surface area (Å²) in [6, 6.07) is 6.25. The molecule has 1 aromatic carbocycles. The lowest BCUT2D eigenvalue weighted by Crippen LogP contribution is -2.25. The van der Waals surface area contributed by atoms with Gasteiger partial charge in [0, 0.05) is 17.9 Å². The second-order valence-corrected chi connectivity index (χ2v) is 6.36. The standard InChI is InChI=1S/C13H18N4O2S/c1-10-11(9-15-17-10)4-3-7-16-20(18,19)13-6-2-5-12(14)8-13/h2,5-6,8-9,16H,3-4,7,14H2,1H3,(H,15,17). The van der Waals surface area contributed by atoms with Gasteiger partial charge in [-0.15, -0.1) is 0 Å². The number of nitrogens with one attached hydrogen (secondary N) is 2. The van der Waals surface area contributed by atoms with Crippen LogP contribution in [-0.4, -0.2) is 25.2 Å². The molecule has 0 unspecified atom stereocenters. The minimum absolute atomic E-state index is 0.192. The first kappa shape index (κ1) is 14.5. The van der Waals surface area contributed by atoms with Crippen LogP contribution in [0.4, 0.5) is 5.69 Å². The predicted molar refractivity (Wildman–Crippen MR) is 77.7 cm³/mol. The molecule has 0 saturated carbocycles. The molecule has 2 aromatic rings. The number of hydrogen-bond donors (Lipinski definition) is 3. The molecule has 0 atom stereocenters. The molecule has 0 aliphatic heterocycles. The molecule has 0 bridgehead atoms. The highest BCUT2D eigenvalue weighted by atomic mass is 32.2. The molecule has 4 N–H and O–H groups in total. The van der Waals surface area contributed by atoms with Gasteiger partial charge in [-0.25, -0.2) is 13.1 Å². The first-order chi connectivity index (χ1) is 9.49. The summed E-state index contributed by atoms with van der Waals surface area (Å²) < 4.78 is 26.6. The third-order valence-electron chi connectivity index (χ3n) is 3.02. The fraction of sp³-hybridized carbons (Fsp3) is 0.308. The van der Waals surface area contributed by atoms with Crippen LogP contribution in [-0.2, 0) is 16.4 Å². The molecule has 2 rings (SSSR count). The van der Waals surface area contributed by atoms with Crippen molar-refractivity contribution in [1.82, 2.24) is 14.9 Å². The monoisotopic (exact) mass is 294 g/mol.